The van der Waals surface area contributed by atoms with Crippen LogP contribution in [0.15, 0.2) is 42.5 Å². The van der Waals surface area contributed by atoms with Crippen molar-refractivity contribution in [3.63, 3.8) is 0 Å². The molecule has 0 spiro atoms. The molecule has 2 aromatic carbocycles. The van der Waals surface area contributed by atoms with E-state index in [1.165, 1.54) is 16.6 Å². The van der Waals surface area contributed by atoms with Gasteiger partial charge in [0.2, 0.25) is 0 Å². The van der Waals surface area contributed by atoms with Crippen molar-refractivity contribution >= 4 is 16.8 Å². The fourth-order valence-electron chi connectivity index (χ4n) is 4.26. The Morgan fingerprint density at radius 1 is 1.15 bits per heavy atom. The van der Waals surface area contributed by atoms with Crippen LogP contribution in [0.4, 0.5) is 0 Å². The van der Waals surface area contributed by atoms with Crippen LogP contribution in [0.2, 0.25) is 0 Å². The Labute approximate surface area is 152 Å². The zero-order valence-electron chi connectivity index (χ0n) is 15.1. The van der Waals surface area contributed by atoms with Gasteiger partial charge in [0.15, 0.2) is 0 Å². The average molecular weight is 346 g/mol. The minimum atomic E-state index is 0.0686. The normalized spacial score (nSPS) is 21.4. The molecule has 1 aromatic heterocycles. The molecule has 5 rings (SSSR count). The Hall–Kier alpha value is -2.75. The van der Waals surface area contributed by atoms with E-state index in [9.17, 15) is 4.79 Å². The number of hydrogen-bond donors (Lipinski definition) is 1. The Morgan fingerprint density at radius 2 is 2.00 bits per heavy atom. The smallest absolute Gasteiger partial charge is 0.257 e. The van der Waals surface area contributed by atoms with Crippen molar-refractivity contribution in [2.75, 3.05) is 6.54 Å². The van der Waals surface area contributed by atoms with Gasteiger partial charge in [-0.2, -0.15) is 0 Å². The number of para-hydroxylation sites is 2. The van der Waals surface area contributed by atoms with Gasteiger partial charge < -0.3 is 14.6 Å². The lowest BCUT2D eigenvalue weighted by molar-refractivity contribution is 0.0730. The molecule has 0 saturated carbocycles. The largest absolute Gasteiger partial charge is 0.489 e. The summed E-state index contributed by atoms with van der Waals surface area (Å²) in [6, 6.07) is 14.3. The number of rotatable bonds is 1. The third-order valence-electron chi connectivity index (χ3n) is 5.94. The van der Waals surface area contributed by atoms with Crippen molar-refractivity contribution in [1.29, 1.82) is 0 Å². The van der Waals surface area contributed by atoms with E-state index in [0.717, 1.165) is 29.8 Å². The molecule has 4 nitrogen and oxygen atoms in total. The number of nitrogens with zero attached hydrogens (tertiary/aromatic N) is 1. The molecule has 2 aliphatic rings. The molecule has 26 heavy (non-hydrogen) atoms. The van der Waals surface area contributed by atoms with E-state index in [0.29, 0.717) is 18.0 Å². The number of nitrogens with one attached hydrogen (secondary N) is 1. The zero-order valence-corrected chi connectivity index (χ0v) is 15.1. The Morgan fingerprint density at radius 3 is 2.88 bits per heavy atom. The standard InChI is InChI=1S/C22H22N2O2/c1-13-14(2)26-21-15(13)7-5-8-17(21)22(25)24-11-10-20-18(12-24)16-6-3-4-9-19(16)23-20/h3-9,13-14,23H,10-12H2,1-2H3. The van der Waals surface area contributed by atoms with E-state index in [4.69, 9.17) is 4.74 Å². The summed E-state index contributed by atoms with van der Waals surface area (Å²) in [5.41, 5.74) is 5.50. The summed E-state index contributed by atoms with van der Waals surface area (Å²) in [6.45, 7) is 5.60. The fourth-order valence-corrected chi connectivity index (χ4v) is 4.26. The number of aromatic nitrogens is 1. The van der Waals surface area contributed by atoms with Crippen LogP contribution in [-0.4, -0.2) is 28.4 Å². The van der Waals surface area contributed by atoms with Crippen molar-refractivity contribution in [3.05, 3.63) is 64.8 Å². The summed E-state index contributed by atoms with van der Waals surface area (Å²) in [5, 5.41) is 1.22. The number of fused-ring (bicyclic) bond motifs is 4. The van der Waals surface area contributed by atoms with E-state index in [-0.39, 0.29) is 12.0 Å². The lowest BCUT2D eigenvalue weighted by atomic mass is 9.96. The Kier molecular flexibility index (Phi) is 3.36. The van der Waals surface area contributed by atoms with E-state index in [2.05, 4.69) is 43.1 Å². The fraction of sp³-hybridized carbons (Fsp3) is 0.318. The van der Waals surface area contributed by atoms with E-state index >= 15 is 0 Å². The molecule has 2 unspecified atom stereocenters. The van der Waals surface area contributed by atoms with Crippen LogP contribution in [0.1, 0.15) is 46.9 Å². The van der Waals surface area contributed by atoms with E-state index in [1.54, 1.807) is 0 Å². The summed E-state index contributed by atoms with van der Waals surface area (Å²) >= 11 is 0. The van der Waals surface area contributed by atoms with Crippen LogP contribution in [-0.2, 0) is 13.0 Å². The maximum absolute atomic E-state index is 13.3. The molecule has 0 bridgehead atoms. The third-order valence-corrected chi connectivity index (χ3v) is 5.94. The van der Waals surface area contributed by atoms with Gasteiger partial charge in [-0.3, -0.25) is 4.79 Å². The molecule has 0 saturated heterocycles. The molecule has 3 aromatic rings. The first-order valence-electron chi connectivity index (χ1n) is 9.31. The second kappa shape index (κ2) is 5.63. The number of hydrogen-bond acceptors (Lipinski definition) is 2. The second-order valence-corrected chi connectivity index (χ2v) is 7.44. The van der Waals surface area contributed by atoms with Crippen LogP contribution >= 0.6 is 0 Å². The van der Waals surface area contributed by atoms with Gasteiger partial charge in [-0.1, -0.05) is 37.3 Å². The third kappa shape index (κ3) is 2.18. The maximum Gasteiger partial charge on any atom is 0.257 e. The van der Waals surface area contributed by atoms with Gasteiger partial charge in [-0.05, 0) is 19.1 Å². The molecule has 4 heteroatoms. The molecule has 3 heterocycles. The number of aromatic amines is 1. The SMILES string of the molecule is CC1Oc2c(C(=O)N3CCc4[nH]c5ccccc5c4C3)cccc2C1C. The molecule has 1 N–H and O–H groups in total. The molecular formula is C22H22N2O2. The van der Waals surface area contributed by atoms with Crippen LogP contribution in [0.5, 0.6) is 5.75 Å². The summed E-state index contributed by atoms with van der Waals surface area (Å²) in [7, 11) is 0. The maximum atomic E-state index is 13.3. The van der Waals surface area contributed by atoms with Crippen molar-refractivity contribution in [3.8, 4) is 5.75 Å². The molecule has 0 radical (unpaired) electrons. The van der Waals surface area contributed by atoms with Crippen molar-refractivity contribution in [2.45, 2.75) is 38.8 Å². The van der Waals surface area contributed by atoms with Gasteiger partial charge in [0.05, 0.1) is 5.56 Å². The number of benzene rings is 2. The van der Waals surface area contributed by atoms with Crippen molar-refractivity contribution < 1.29 is 9.53 Å². The molecule has 0 fully saturated rings. The highest BCUT2D eigenvalue weighted by Gasteiger charge is 2.33. The first-order chi connectivity index (χ1) is 12.6. The van der Waals surface area contributed by atoms with Gasteiger partial charge in [-0.15, -0.1) is 0 Å². The zero-order chi connectivity index (χ0) is 17.8. The lowest BCUT2D eigenvalue weighted by Gasteiger charge is -2.28. The van der Waals surface area contributed by atoms with Crippen LogP contribution in [0.3, 0.4) is 0 Å². The van der Waals surface area contributed by atoms with E-state index in [1.807, 2.05) is 23.1 Å². The van der Waals surface area contributed by atoms with Crippen LogP contribution in [0, 0.1) is 0 Å². The van der Waals surface area contributed by atoms with Crippen LogP contribution < -0.4 is 4.74 Å². The molecule has 2 aliphatic heterocycles. The van der Waals surface area contributed by atoms with Crippen molar-refractivity contribution in [1.82, 2.24) is 9.88 Å². The predicted octanol–water partition coefficient (Wildman–Crippen LogP) is 4.25. The molecular weight excluding hydrogens is 324 g/mol. The second-order valence-electron chi connectivity index (χ2n) is 7.44. The number of carbonyl (C=O) groups is 1. The highest BCUT2D eigenvalue weighted by Crippen LogP contribution is 2.41. The summed E-state index contributed by atoms with van der Waals surface area (Å²) in [6.07, 6.45) is 0.971. The number of amides is 1. The van der Waals surface area contributed by atoms with Gasteiger partial charge in [-0.25, -0.2) is 0 Å². The molecule has 0 aliphatic carbocycles. The number of carbonyl (C=O) groups excluding carboxylic acids is 1. The van der Waals surface area contributed by atoms with Gasteiger partial charge in [0, 0.05) is 53.2 Å². The highest BCUT2D eigenvalue weighted by atomic mass is 16.5. The number of H-pyrrole nitrogens is 1. The quantitative estimate of drug-likeness (QED) is 0.716. The van der Waals surface area contributed by atoms with Gasteiger partial charge in [0.25, 0.3) is 5.91 Å². The van der Waals surface area contributed by atoms with Gasteiger partial charge >= 0.3 is 0 Å². The summed E-state index contributed by atoms with van der Waals surface area (Å²) in [4.78, 5) is 18.7. The average Bonchev–Trinajstić information content (AvgIpc) is 3.18. The summed E-state index contributed by atoms with van der Waals surface area (Å²) in [5.74, 6) is 1.17. The lowest BCUT2D eigenvalue weighted by Crippen LogP contribution is -2.36. The topological polar surface area (TPSA) is 45.3 Å². The Balaban J connectivity index is 1.50. The summed E-state index contributed by atoms with van der Waals surface area (Å²) < 4.78 is 6.03. The minimum absolute atomic E-state index is 0.0686. The number of ether oxygens (including phenoxy) is 1. The molecule has 2 atom stereocenters. The highest BCUT2D eigenvalue weighted by molar-refractivity contribution is 5.98. The van der Waals surface area contributed by atoms with Gasteiger partial charge in [0.1, 0.15) is 11.9 Å². The monoisotopic (exact) mass is 346 g/mol. The first kappa shape index (κ1) is 15.5. The Bertz CT molecular complexity index is 1020. The minimum Gasteiger partial charge on any atom is -0.489 e. The van der Waals surface area contributed by atoms with Crippen LogP contribution in [0.25, 0.3) is 10.9 Å². The van der Waals surface area contributed by atoms with Crippen molar-refractivity contribution in [2.24, 2.45) is 0 Å². The van der Waals surface area contributed by atoms with E-state index < -0.39 is 0 Å². The predicted molar refractivity (Wildman–Crippen MR) is 102 cm³/mol. The first-order valence-corrected chi connectivity index (χ1v) is 9.31. The molecule has 1 amide bonds. The molecule has 132 valence electrons.